The van der Waals surface area contributed by atoms with Gasteiger partial charge in [0, 0.05) is 12.3 Å². The van der Waals surface area contributed by atoms with E-state index in [1.54, 1.807) is 0 Å². The first-order valence-electron chi connectivity index (χ1n) is 5.65. The van der Waals surface area contributed by atoms with Crippen LogP contribution >= 0.6 is 0 Å². The van der Waals surface area contributed by atoms with Crippen molar-refractivity contribution in [3.8, 4) is 0 Å². The van der Waals surface area contributed by atoms with Crippen LogP contribution in [0.25, 0.3) is 0 Å². The number of aliphatic carboxylic acids is 1. The Balaban J connectivity index is -0.000000277. The van der Waals surface area contributed by atoms with E-state index in [1.807, 2.05) is 12.2 Å². The van der Waals surface area contributed by atoms with Gasteiger partial charge in [0.05, 0.1) is 27.2 Å². The number of hydrogen-bond acceptors (Lipinski definition) is 2. The van der Waals surface area contributed by atoms with E-state index in [-0.39, 0.29) is 12.4 Å². The number of carbonyl (C=O) groups excluding carboxylic acids is 1. The molecule has 0 atom stereocenters. The molecule has 5 nitrogen and oxygen atoms in total. The molecule has 0 aromatic carbocycles. The van der Waals surface area contributed by atoms with Crippen LogP contribution in [-0.4, -0.2) is 48.7 Å². The van der Waals surface area contributed by atoms with Crippen molar-refractivity contribution in [2.24, 2.45) is 0 Å². The number of nitrogens with one attached hydrogen (secondary N) is 1. The largest absolute Gasteiger partial charge is 1.00 e. The van der Waals surface area contributed by atoms with Gasteiger partial charge in [-0.3, -0.25) is 4.79 Å². The van der Waals surface area contributed by atoms with Crippen LogP contribution in [0, 0.1) is 0 Å². The third-order valence-electron chi connectivity index (χ3n) is 1.88. The molecule has 0 radical (unpaired) electrons. The number of carboxylic acid groups (broad SMARTS) is 1. The molecule has 6 heteroatoms. The fraction of sp³-hybridized carbons (Fsp3) is 0.286. The van der Waals surface area contributed by atoms with Crippen LogP contribution < -0.4 is 17.7 Å². The lowest BCUT2D eigenvalue weighted by atomic mass is 10.4. The third kappa shape index (κ3) is 18.5. The zero-order valence-electron chi connectivity index (χ0n) is 12.0. The van der Waals surface area contributed by atoms with Crippen LogP contribution in [-0.2, 0) is 9.59 Å². The van der Waals surface area contributed by atoms with Crippen molar-refractivity contribution < 1.29 is 31.6 Å². The summed E-state index contributed by atoms with van der Waals surface area (Å²) in [7, 11) is 4.31. The van der Waals surface area contributed by atoms with Crippen molar-refractivity contribution >= 4 is 11.9 Å². The molecule has 0 aromatic rings. The molecule has 20 heavy (non-hydrogen) atoms. The molecule has 0 saturated carbocycles. The van der Waals surface area contributed by atoms with E-state index in [1.165, 1.54) is 0 Å². The van der Waals surface area contributed by atoms with Gasteiger partial charge in [-0.25, -0.2) is 4.79 Å². The molecule has 0 bridgehead atoms. The second-order valence-corrected chi connectivity index (χ2v) is 4.26. The molecule has 0 aliphatic carbocycles. The summed E-state index contributed by atoms with van der Waals surface area (Å²) in [6.45, 7) is 12.5. The van der Waals surface area contributed by atoms with Gasteiger partial charge in [0.1, 0.15) is 0 Å². The van der Waals surface area contributed by atoms with Crippen molar-refractivity contribution in [3.63, 3.8) is 0 Å². The van der Waals surface area contributed by atoms with E-state index in [9.17, 15) is 9.59 Å². The molecule has 114 valence electrons. The Morgan fingerprint density at radius 2 is 1.60 bits per heavy atom. The molecule has 0 heterocycles. The average molecular weight is 303 g/mol. The highest BCUT2D eigenvalue weighted by Crippen LogP contribution is 1.95. The minimum atomic E-state index is -1.11. The Morgan fingerprint density at radius 1 is 1.15 bits per heavy atom. The van der Waals surface area contributed by atoms with Crippen molar-refractivity contribution in [1.82, 2.24) is 5.32 Å². The first kappa shape index (κ1) is 23.3. The third-order valence-corrected chi connectivity index (χ3v) is 1.88. The number of nitrogens with zero attached hydrogens (tertiary/aromatic N) is 1. The zero-order valence-corrected chi connectivity index (χ0v) is 12.8. The molecule has 0 aromatic heterocycles. The number of halogens is 1. The van der Waals surface area contributed by atoms with E-state index < -0.39 is 11.9 Å². The molecule has 1 amide bonds. The summed E-state index contributed by atoms with van der Waals surface area (Å²) in [5, 5.41) is 10.2. The highest BCUT2D eigenvalue weighted by atomic mass is 35.5. The van der Waals surface area contributed by atoms with E-state index in [0.29, 0.717) is 0 Å². The second-order valence-electron chi connectivity index (χ2n) is 4.26. The van der Waals surface area contributed by atoms with Crippen LogP contribution in [0.1, 0.15) is 0 Å². The van der Waals surface area contributed by atoms with Crippen molar-refractivity contribution in [2.75, 3.05) is 27.2 Å². The summed E-state index contributed by atoms with van der Waals surface area (Å²) in [6, 6.07) is 0. The van der Waals surface area contributed by atoms with Crippen molar-refractivity contribution in [3.05, 3.63) is 50.2 Å². The van der Waals surface area contributed by atoms with Gasteiger partial charge in [-0.05, 0) is 18.2 Å². The van der Waals surface area contributed by atoms with Crippen molar-refractivity contribution in [2.45, 2.75) is 0 Å². The van der Waals surface area contributed by atoms with Crippen LogP contribution in [0.15, 0.2) is 50.2 Å². The Bertz CT molecular complexity index is 351. The SMILES string of the molecule is C=CC(=O)NC=CC(=O)O.C=CC[N+](C)(C)CC=C.[Cl-]. The van der Waals surface area contributed by atoms with Gasteiger partial charge in [-0.15, -0.1) is 0 Å². The second kappa shape index (κ2) is 13.6. The predicted molar refractivity (Wildman–Crippen MR) is 77.4 cm³/mol. The molecule has 0 aliphatic heterocycles. The van der Waals surface area contributed by atoms with Gasteiger partial charge < -0.3 is 27.3 Å². The first-order chi connectivity index (χ1) is 8.79. The molecule has 2 N–H and O–H groups in total. The fourth-order valence-corrected chi connectivity index (χ4v) is 1.03. The normalized spacial score (nSPS) is 9.50. The zero-order chi connectivity index (χ0) is 15.3. The number of rotatable bonds is 7. The minimum absolute atomic E-state index is 0. The fourth-order valence-electron chi connectivity index (χ4n) is 1.03. The smallest absolute Gasteiger partial charge is 0.329 e. The molecular formula is C14H23ClN2O3. The summed E-state index contributed by atoms with van der Waals surface area (Å²) < 4.78 is 0.951. The number of amides is 1. The van der Waals surface area contributed by atoms with Gasteiger partial charge in [-0.2, -0.15) is 0 Å². The van der Waals surface area contributed by atoms with E-state index in [2.05, 4.69) is 39.1 Å². The topological polar surface area (TPSA) is 66.4 Å². The van der Waals surface area contributed by atoms with Gasteiger partial charge in [-0.1, -0.05) is 19.7 Å². The number of carbonyl (C=O) groups is 2. The molecular weight excluding hydrogens is 280 g/mol. The summed E-state index contributed by atoms with van der Waals surface area (Å²) in [5.74, 6) is -1.54. The number of carboxylic acids is 1. The quantitative estimate of drug-likeness (QED) is 0.336. The Labute approximate surface area is 127 Å². The number of likely N-dealkylation sites (N-methyl/N-ethyl adjacent to an activating group) is 1. The number of quaternary nitrogens is 1. The Hall–Kier alpha value is -1.85. The lowest BCUT2D eigenvalue weighted by Gasteiger charge is -2.26. The van der Waals surface area contributed by atoms with E-state index >= 15 is 0 Å². The molecule has 0 unspecified atom stereocenters. The maximum Gasteiger partial charge on any atom is 0.329 e. The molecule has 0 saturated heterocycles. The highest BCUT2D eigenvalue weighted by Gasteiger charge is 2.07. The van der Waals surface area contributed by atoms with E-state index in [0.717, 1.165) is 35.9 Å². The summed E-state index contributed by atoms with van der Waals surface area (Å²) in [6.07, 6.45) is 6.77. The summed E-state index contributed by atoms with van der Waals surface area (Å²) >= 11 is 0. The molecule has 0 fully saturated rings. The standard InChI is InChI=1S/C8H16N.C6H7NO3.ClH/c1-5-7-9(3,4)8-6-2;1-2-5(8)7-4-3-6(9)10;/h5-6H,1-2,7-8H2,3-4H3;2-4H,1H2,(H,7,8)(H,9,10);1H/q+1;;/p-1. The maximum absolute atomic E-state index is 10.3. The van der Waals surface area contributed by atoms with Crippen LogP contribution in [0.4, 0.5) is 0 Å². The first-order valence-corrected chi connectivity index (χ1v) is 5.65. The monoisotopic (exact) mass is 302 g/mol. The minimum Gasteiger partial charge on any atom is -1.00 e. The lowest BCUT2D eigenvalue weighted by molar-refractivity contribution is -0.878. The highest BCUT2D eigenvalue weighted by molar-refractivity contribution is 5.88. The van der Waals surface area contributed by atoms with Gasteiger partial charge in [0.15, 0.2) is 0 Å². The average Bonchev–Trinajstić information content (AvgIpc) is 2.28. The van der Waals surface area contributed by atoms with Gasteiger partial charge >= 0.3 is 5.97 Å². The molecule has 0 spiro atoms. The maximum atomic E-state index is 10.3. The van der Waals surface area contributed by atoms with Crippen LogP contribution in [0.3, 0.4) is 0 Å². The summed E-state index contributed by atoms with van der Waals surface area (Å²) in [5.41, 5.74) is 0. The van der Waals surface area contributed by atoms with Gasteiger partial charge in [0.25, 0.3) is 0 Å². The molecule has 0 rings (SSSR count). The predicted octanol–water partition coefficient (Wildman–Crippen LogP) is -1.67. The van der Waals surface area contributed by atoms with Crippen LogP contribution in [0.2, 0.25) is 0 Å². The summed E-state index contributed by atoms with van der Waals surface area (Å²) in [4.78, 5) is 20.1. The van der Waals surface area contributed by atoms with Crippen LogP contribution in [0.5, 0.6) is 0 Å². The number of hydrogen-bond donors (Lipinski definition) is 2. The Morgan fingerprint density at radius 3 is 1.90 bits per heavy atom. The van der Waals surface area contributed by atoms with E-state index in [4.69, 9.17) is 5.11 Å². The lowest BCUT2D eigenvalue weighted by Crippen LogP contribution is -3.00. The van der Waals surface area contributed by atoms with Crippen molar-refractivity contribution in [1.29, 1.82) is 0 Å². The Kier molecular flexibility index (Phi) is 15.8. The molecule has 0 aliphatic rings. The van der Waals surface area contributed by atoms with Gasteiger partial charge in [0.2, 0.25) is 5.91 Å².